The molecule has 1 aromatic carbocycles. The van der Waals surface area contributed by atoms with Gasteiger partial charge in [-0.25, -0.2) is 4.98 Å². The van der Waals surface area contributed by atoms with E-state index in [0.717, 1.165) is 15.9 Å². The summed E-state index contributed by atoms with van der Waals surface area (Å²) in [4.78, 5) is 4.06. The van der Waals surface area contributed by atoms with Gasteiger partial charge in [0.1, 0.15) is 12.4 Å². The summed E-state index contributed by atoms with van der Waals surface area (Å²) in [5.41, 5.74) is 3.43. The SMILES string of the molecule is Cc1cc(OCc2cncn2C)cc(C)c1Br. The lowest BCUT2D eigenvalue weighted by Crippen LogP contribution is -2.01. The van der Waals surface area contributed by atoms with Crippen LogP contribution in [0.5, 0.6) is 5.75 Å². The molecule has 0 aliphatic heterocycles. The van der Waals surface area contributed by atoms with E-state index >= 15 is 0 Å². The van der Waals surface area contributed by atoms with Gasteiger partial charge in [-0.05, 0) is 37.1 Å². The highest BCUT2D eigenvalue weighted by atomic mass is 79.9. The summed E-state index contributed by atoms with van der Waals surface area (Å²) in [6, 6.07) is 4.07. The second-order valence-electron chi connectivity index (χ2n) is 4.16. The summed E-state index contributed by atoms with van der Waals surface area (Å²) >= 11 is 3.55. The third-order valence-electron chi connectivity index (χ3n) is 2.71. The van der Waals surface area contributed by atoms with Gasteiger partial charge in [0.25, 0.3) is 0 Å². The minimum Gasteiger partial charge on any atom is -0.487 e. The van der Waals surface area contributed by atoms with Crippen LogP contribution in [0.3, 0.4) is 0 Å². The molecule has 0 aliphatic rings. The van der Waals surface area contributed by atoms with Crippen molar-refractivity contribution in [2.75, 3.05) is 0 Å². The zero-order valence-corrected chi connectivity index (χ0v) is 11.8. The van der Waals surface area contributed by atoms with Crippen LogP contribution < -0.4 is 4.74 Å². The molecule has 3 nitrogen and oxygen atoms in total. The number of aromatic nitrogens is 2. The van der Waals surface area contributed by atoms with E-state index in [0.29, 0.717) is 6.61 Å². The van der Waals surface area contributed by atoms with Gasteiger partial charge in [-0.15, -0.1) is 0 Å². The molecule has 1 heterocycles. The molecule has 4 heteroatoms. The lowest BCUT2D eigenvalue weighted by Gasteiger charge is -2.10. The first kappa shape index (κ1) is 12.2. The molecule has 0 bridgehead atoms. The molecule has 0 spiro atoms. The Kier molecular flexibility index (Phi) is 3.52. The molecule has 0 saturated heterocycles. The number of ether oxygens (including phenoxy) is 1. The molecule has 0 saturated carbocycles. The lowest BCUT2D eigenvalue weighted by molar-refractivity contribution is 0.296. The summed E-state index contributed by atoms with van der Waals surface area (Å²) in [5.74, 6) is 0.893. The van der Waals surface area contributed by atoms with Crippen molar-refractivity contribution in [1.82, 2.24) is 9.55 Å². The summed E-state index contributed by atoms with van der Waals surface area (Å²) in [7, 11) is 1.96. The van der Waals surface area contributed by atoms with Crippen molar-refractivity contribution in [1.29, 1.82) is 0 Å². The highest BCUT2D eigenvalue weighted by Crippen LogP contribution is 2.26. The van der Waals surface area contributed by atoms with Crippen LogP contribution in [0.1, 0.15) is 16.8 Å². The zero-order chi connectivity index (χ0) is 12.4. The standard InChI is InChI=1S/C13H15BrN2O/c1-9-4-12(5-10(2)13(9)14)17-7-11-6-15-8-16(11)3/h4-6,8H,7H2,1-3H3. The Bertz CT molecular complexity index is 511. The molecule has 2 rings (SSSR count). The number of imidazole rings is 1. The topological polar surface area (TPSA) is 27.1 Å². The van der Waals surface area contributed by atoms with E-state index in [1.54, 1.807) is 6.33 Å². The van der Waals surface area contributed by atoms with Crippen LogP contribution in [0.2, 0.25) is 0 Å². The first-order valence-electron chi connectivity index (χ1n) is 5.42. The fourth-order valence-corrected chi connectivity index (χ4v) is 1.90. The molecule has 1 aromatic heterocycles. The van der Waals surface area contributed by atoms with Crippen LogP contribution in [0, 0.1) is 13.8 Å². The molecule has 90 valence electrons. The second-order valence-corrected chi connectivity index (χ2v) is 4.95. The van der Waals surface area contributed by atoms with Gasteiger partial charge in [0.05, 0.1) is 18.2 Å². The van der Waals surface area contributed by atoms with Gasteiger partial charge < -0.3 is 9.30 Å². The third-order valence-corrected chi connectivity index (χ3v) is 3.96. The number of aryl methyl sites for hydroxylation is 3. The van der Waals surface area contributed by atoms with E-state index in [2.05, 4.69) is 34.8 Å². The van der Waals surface area contributed by atoms with Crippen LogP contribution in [-0.2, 0) is 13.7 Å². The van der Waals surface area contributed by atoms with Crippen molar-refractivity contribution >= 4 is 15.9 Å². The largest absolute Gasteiger partial charge is 0.487 e. The second kappa shape index (κ2) is 4.92. The summed E-state index contributed by atoms with van der Waals surface area (Å²) in [6.07, 6.45) is 3.59. The van der Waals surface area contributed by atoms with Crippen molar-refractivity contribution in [2.24, 2.45) is 7.05 Å². The van der Waals surface area contributed by atoms with Gasteiger partial charge in [0.15, 0.2) is 0 Å². The van der Waals surface area contributed by atoms with E-state index in [-0.39, 0.29) is 0 Å². The highest BCUT2D eigenvalue weighted by Gasteiger charge is 2.04. The molecule has 0 amide bonds. The molecular formula is C13H15BrN2O. The number of rotatable bonds is 3. The van der Waals surface area contributed by atoms with Gasteiger partial charge in [0.2, 0.25) is 0 Å². The minimum absolute atomic E-state index is 0.539. The van der Waals surface area contributed by atoms with Gasteiger partial charge in [-0.3, -0.25) is 0 Å². The van der Waals surface area contributed by atoms with Crippen LogP contribution in [0.4, 0.5) is 0 Å². The van der Waals surface area contributed by atoms with Gasteiger partial charge in [-0.1, -0.05) is 15.9 Å². The zero-order valence-electron chi connectivity index (χ0n) is 10.2. The average molecular weight is 295 g/mol. The average Bonchev–Trinajstić information content (AvgIpc) is 2.69. The predicted octanol–water partition coefficient (Wildman–Crippen LogP) is 3.38. The predicted molar refractivity (Wildman–Crippen MR) is 71.2 cm³/mol. The molecule has 0 atom stereocenters. The Labute approximate surface area is 110 Å². The molecule has 0 aliphatic carbocycles. The monoisotopic (exact) mass is 294 g/mol. The Morgan fingerprint density at radius 3 is 2.47 bits per heavy atom. The summed E-state index contributed by atoms with van der Waals surface area (Å²) < 4.78 is 8.87. The maximum Gasteiger partial charge on any atom is 0.130 e. The lowest BCUT2D eigenvalue weighted by atomic mass is 10.1. The van der Waals surface area contributed by atoms with Crippen LogP contribution in [0.15, 0.2) is 29.1 Å². The van der Waals surface area contributed by atoms with Crippen molar-refractivity contribution in [2.45, 2.75) is 20.5 Å². The Hall–Kier alpha value is -1.29. The number of nitrogens with zero attached hydrogens (tertiary/aromatic N) is 2. The van der Waals surface area contributed by atoms with Gasteiger partial charge in [0, 0.05) is 11.5 Å². The molecular weight excluding hydrogens is 280 g/mol. The fraction of sp³-hybridized carbons (Fsp3) is 0.308. The van der Waals surface area contributed by atoms with E-state index < -0.39 is 0 Å². The quantitative estimate of drug-likeness (QED) is 0.868. The molecule has 17 heavy (non-hydrogen) atoms. The first-order valence-corrected chi connectivity index (χ1v) is 6.22. The van der Waals surface area contributed by atoms with E-state index in [9.17, 15) is 0 Å². The normalized spacial score (nSPS) is 10.6. The maximum atomic E-state index is 5.77. The van der Waals surface area contributed by atoms with Crippen LogP contribution in [-0.4, -0.2) is 9.55 Å². The molecule has 0 radical (unpaired) electrons. The van der Waals surface area contributed by atoms with Crippen molar-refractivity contribution < 1.29 is 4.74 Å². The fourth-order valence-electron chi connectivity index (χ4n) is 1.67. The Morgan fingerprint density at radius 1 is 1.29 bits per heavy atom. The number of halogens is 1. The van der Waals surface area contributed by atoms with Gasteiger partial charge >= 0.3 is 0 Å². The minimum atomic E-state index is 0.539. The van der Waals surface area contributed by atoms with Crippen molar-refractivity contribution in [3.05, 3.63) is 46.0 Å². The molecule has 2 aromatic rings. The van der Waals surface area contributed by atoms with Crippen molar-refractivity contribution in [3.8, 4) is 5.75 Å². The highest BCUT2D eigenvalue weighted by molar-refractivity contribution is 9.10. The van der Waals surface area contributed by atoms with Crippen LogP contribution in [0.25, 0.3) is 0 Å². The van der Waals surface area contributed by atoms with E-state index in [4.69, 9.17) is 4.74 Å². The Balaban J connectivity index is 2.12. The Morgan fingerprint density at radius 2 is 1.94 bits per heavy atom. The number of benzene rings is 1. The molecule has 0 unspecified atom stereocenters. The maximum absolute atomic E-state index is 5.77. The molecule has 0 fully saturated rings. The van der Waals surface area contributed by atoms with E-state index in [1.165, 1.54) is 11.1 Å². The smallest absolute Gasteiger partial charge is 0.130 e. The van der Waals surface area contributed by atoms with Crippen LogP contribution >= 0.6 is 15.9 Å². The van der Waals surface area contributed by atoms with Gasteiger partial charge in [-0.2, -0.15) is 0 Å². The number of hydrogen-bond acceptors (Lipinski definition) is 2. The number of hydrogen-bond donors (Lipinski definition) is 0. The van der Waals surface area contributed by atoms with Crippen molar-refractivity contribution in [3.63, 3.8) is 0 Å². The van der Waals surface area contributed by atoms with E-state index in [1.807, 2.05) is 29.9 Å². The first-order chi connectivity index (χ1) is 8.08. The third kappa shape index (κ3) is 2.69. The summed E-state index contributed by atoms with van der Waals surface area (Å²) in [6.45, 7) is 4.67. The molecule has 0 N–H and O–H groups in total. The summed E-state index contributed by atoms with van der Waals surface area (Å²) in [5, 5.41) is 0.